The Bertz CT molecular complexity index is 993. The topological polar surface area (TPSA) is 79.4 Å². The van der Waals surface area contributed by atoms with Crippen LogP contribution in [-0.4, -0.2) is 63.1 Å². The van der Waals surface area contributed by atoms with Gasteiger partial charge in [-0.05, 0) is 24.3 Å². The van der Waals surface area contributed by atoms with E-state index >= 15 is 0 Å². The lowest BCUT2D eigenvalue weighted by Gasteiger charge is -2.38. The van der Waals surface area contributed by atoms with E-state index in [2.05, 4.69) is 4.90 Å². The fraction of sp³-hybridized carbons (Fsp3) is 0.348. The van der Waals surface area contributed by atoms with Crippen LogP contribution in [0.1, 0.15) is 13.3 Å². The quantitative estimate of drug-likeness (QED) is 0.626. The number of halogens is 1. The van der Waals surface area contributed by atoms with Crippen molar-refractivity contribution in [2.75, 3.05) is 50.2 Å². The summed E-state index contributed by atoms with van der Waals surface area (Å²) < 4.78 is 9.87. The van der Waals surface area contributed by atoms with Crippen molar-refractivity contribution in [3.8, 4) is 0 Å². The van der Waals surface area contributed by atoms with Gasteiger partial charge < -0.3 is 24.2 Å². The van der Waals surface area contributed by atoms with Crippen molar-refractivity contribution in [3.05, 3.63) is 58.9 Å². The lowest BCUT2D eigenvalue weighted by molar-refractivity contribution is -0.139. The fourth-order valence-corrected chi connectivity index (χ4v) is 4.05. The number of para-hydroxylation sites is 1. The van der Waals surface area contributed by atoms with Gasteiger partial charge in [-0.2, -0.15) is 0 Å². The third-order valence-corrected chi connectivity index (χ3v) is 5.67. The highest BCUT2D eigenvalue weighted by Gasteiger charge is 2.31. The molecule has 2 heterocycles. The highest BCUT2D eigenvalue weighted by Crippen LogP contribution is 2.40. The zero-order chi connectivity index (χ0) is 23.3. The number of rotatable bonds is 5. The van der Waals surface area contributed by atoms with Gasteiger partial charge in [-0.25, -0.2) is 9.59 Å². The Morgan fingerprint density at radius 1 is 1.00 bits per heavy atom. The summed E-state index contributed by atoms with van der Waals surface area (Å²) >= 11 is 6.62. The number of carbonyl (C=O) groups excluding carboxylic acids is 3. The largest absolute Gasteiger partial charge is 0.465 e. The molecule has 1 saturated heterocycles. The van der Waals surface area contributed by atoms with Crippen LogP contribution in [0.15, 0.2) is 53.9 Å². The summed E-state index contributed by atoms with van der Waals surface area (Å²) in [6, 6.07) is 5.36. The van der Waals surface area contributed by atoms with Crippen LogP contribution < -0.4 is 9.80 Å². The highest BCUT2D eigenvalue weighted by molar-refractivity contribution is 6.34. The van der Waals surface area contributed by atoms with Gasteiger partial charge in [0.25, 0.3) is 0 Å². The van der Waals surface area contributed by atoms with Crippen LogP contribution in [0, 0.1) is 0 Å². The van der Waals surface area contributed by atoms with Gasteiger partial charge in [-0.15, -0.1) is 0 Å². The number of anilines is 2. The van der Waals surface area contributed by atoms with E-state index in [-0.39, 0.29) is 17.2 Å². The molecule has 32 heavy (non-hydrogen) atoms. The second kappa shape index (κ2) is 10.4. The molecule has 3 rings (SSSR count). The minimum absolute atomic E-state index is 0.0210. The van der Waals surface area contributed by atoms with Crippen molar-refractivity contribution in [2.45, 2.75) is 13.3 Å². The first kappa shape index (κ1) is 23.4. The van der Waals surface area contributed by atoms with Gasteiger partial charge in [-0.1, -0.05) is 30.7 Å². The van der Waals surface area contributed by atoms with E-state index in [1.54, 1.807) is 35.4 Å². The van der Waals surface area contributed by atoms with E-state index in [4.69, 9.17) is 21.1 Å². The summed E-state index contributed by atoms with van der Waals surface area (Å²) in [5.41, 5.74) is 1.39. The third-order valence-electron chi connectivity index (χ3n) is 5.37. The van der Waals surface area contributed by atoms with Crippen molar-refractivity contribution in [3.63, 3.8) is 0 Å². The lowest BCUT2D eigenvalue weighted by atomic mass is 10.1. The zero-order valence-electron chi connectivity index (χ0n) is 18.3. The Morgan fingerprint density at radius 2 is 1.69 bits per heavy atom. The number of hydrogen-bond donors (Lipinski definition) is 0. The SMILES string of the molecule is CCC(=O)N1CCN(c2c(Cl)cccc2N2C=CC=CC(C(=O)OC)=C2C(=O)OC)CC1. The predicted octanol–water partition coefficient (Wildman–Crippen LogP) is 2.89. The molecule has 1 aromatic rings. The average Bonchev–Trinajstić information content (AvgIpc) is 3.05. The van der Waals surface area contributed by atoms with Gasteiger partial charge in [0.2, 0.25) is 5.91 Å². The molecule has 9 heteroatoms. The molecule has 0 bridgehead atoms. The highest BCUT2D eigenvalue weighted by atomic mass is 35.5. The number of methoxy groups -OCH3 is 2. The molecule has 0 saturated carbocycles. The average molecular weight is 460 g/mol. The second-order valence-corrected chi connectivity index (χ2v) is 7.55. The standard InChI is InChI=1S/C23H26ClN3O5/c1-4-19(28)25-12-14-26(15-13-25)21-17(24)9-7-10-18(21)27-11-6-5-8-16(22(29)31-2)20(27)23(30)32-3/h5-11H,4,12-15H2,1-3H3. The van der Waals surface area contributed by atoms with Crippen LogP contribution in [-0.2, 0) is 23.9 Å². The van der Waals surface area contributed by atoms with Crippen LogP contribution in [0.5, 0.6) is 0 Å². The zero-order valence-corrected chi connectivity index (χ0v) is 19.1. The Kier molecular flexibility index (Phi) is 7.58. The molecule has 0 aromatic heterocycles. The molecule has 170 valence electrons. The maximum absolute atomic E-state index is 12.8. The summed E-state index contributed by atoms with van der Waals surface area (Å²) in [4.78, 5) is 42.8. The smallest absolute Gasteiger partial charge is 0.355 e. The summed E-state index contributed by atoms with van der Waals surface area (Å²) in [5, 5.41) is 0.493. The van der Waals surface area contributed by atoms with Crippen molar-refractivity contribution in [1.82, 2.24) is 4.90 Å². The number of ether oxygens (including phenoxy) is 2. The van der Waals surface area contributed by atoms with Crippen molar-refractivity contribution >= 4 is 40.8 Å². The summed E-state index contributed by atoms with van der Waals surface area (Å²) in [5.74, 6) is -1.24. The van der Waals surface area contributed by atoms with Gasteiger partial charge in [-0.3, -0.25) is 4.79 Å². The molecular weight excluding hydrogens is 434 g/mol. The molecule has 0 N–H and O–H groups in total. The maximum atomic E-state index is 12.8. The number of carbonyl (C=O) groups is 3. The molecule has 2 aliphatic heterocycles. The first-order valence-electron chi connectivity index (χ1n) is 10.3. The van der Waals surface area contributed by atoms with Crippen LogP contribution in [0.25, 0.3) is 0 Å². The Labute approximate surface area is 192 Å². The summed E-state index contributed by atoms with van der Waals surface area (Å²) in [6.07, 6.45) is 7.00. The molecule has 8 nitrogen and oxygen atoms in total. The number of esters is 2. The van der Waals surface area contributed by atoms with E-state index in [9.17, 15) is 14.4 Å². The van der Waals surface area contributed by atoms with E-state index in [1.807, 2.05) is 17.9 Å². The predicted molar refractivity (Wildman–Crippen MR) is 122 cm³/mol. The third kappa shape index (κ3) is 4.65. The normalized spacial score (nSPS) is 16.2. The van der Waals surface area contributed by atoms with Crippen LogP contribution in [0.2, 0.25) is 5.02 Å². The van der Waals surface area contributed by atoms with E-state index < -0.39 is 11.9 Å². The number of benzene rings is 1. The number of piperazine rings is 1. The fourth-order valence-electron chi connectivity index (χ4n) is 3.77. The summed E-state index contributed by atoms with van der Waals surface area (Å²) in [6.45, 7) is 4.16. The van der Waals surface area contributed by atoms with Crippen molar-refractivity contribution in [2.24, 2.45) is 0 Å². The van der Waals surface area contributed by atoms with Crippen LogP contribution >= 0.6 is 11.6 Å². The molecule has 1 amide bonds. The van der Waals surface area contributed by atoms with Crippen LogP contribution in [0.4, 0.5) is 11.4 Å². The molecule has 2 aliphatic rings. The van der Waals surface area contributed by atoms with Crippen molar-refractivity contribution < 1.29 is 23.9 Å². The molecule has 1 aromatic carbocycles. The lowest BCUT2D eigenvalue weighted by Crippen LogP contribution is -2.49. The minimum Gasteiger partial charge on any atom is -0.465 e. The number of allylic oxidation sites excluding steroid dienone is 2. The van der Waals surface area contributed by atoms with Gasteiger partial charge in [0, 0.05) is 38.8 Å². The Hall–Kier alpha value is -3.26. The van der Waals surface area contributed by atoms with Gasteiger partial charge in [0.05, 0.1) is 36.2 Å². The van der Waals surface area contributed by atoms with E-state index in [1.165, 1.54) is 20.3 Å². The molecule has 0 radical (unpaired) electrons. The molecule has 0 aliphatic carbocycles. The molecule has 0 spiro atoms. The molecule has 0 atom stereocenters. The molecule has 0 unspecified atom stereocenters. The van der Waals surface area contributed by atoms with E-state index in [0.29, 0.717) is 49.0 Å². The Balaban J connectivity index is 2.07. The van der Waals surface area contributed by atoms with Crippen molar-refractivity contribution in [1.29, 1.82) is 0 Å². The van der Waals surface area contributed by atoms with Gasteiger partial charge in [0.15, 0.2) is 0 Å². The number of amides is 1. The first-order chi connectivity index (χ1) is 15.4. The van der Waals surface area contributed by atoms with E-state index in [0.717, 1.165) is 0 Å². The van der Waals surface area contributed by atoms with Gasteiger partial charge in [0.1, 0.15) is 5.70 Å². The number of hydrogen-bond acceptors (Lipinski definition) is 7. The summed E-state index contributed by atoms with van der Waals surface area (Å²) in [7, 11) is 2.51. The Morgan fingerprint density at radius 3 is 2.31 bits per heavy atom. The van der Waals surface area contributed by atoms with Gasteiger partial charge >= 0.3 is 11.9 Å². The maximum Gasteiger partial charge on any atom is 0.355 e. The molecule has 1 fully saturated rings. The second-order valence-electron chi connectivity index (χ2n) is 7.15. The minimum atomic E-state index is -0.689. The number of nitrogens with zero attached hydrogens (tertiary/aromatic N) is 3. The first-order valence-corrected chi connectivity index (χ1v) is 10.7. The monoisotopic (exact) mass is 459 g/mol. The molecular formula is C23H26ClN3O5. The van der Waals surface area contributed by atoms with Crippen LogP contribution in [0.3, 0.4) is 0 Å².